The highest BCUT2D eigenvalue weighted by Gasteiger charge is 2.18. The third-order valence-electron chi connectivity index (χ3n) is 4.71. The fourth-order valence-electron chi connectivity index (χ4n) is 3.45. The lowest BCUT2D eigenvalue weighted by Crippen LogP contribution is -2.24. The van der Waals surface area contributed by atoms with E-state index in [0.717, 1.165) is 35.5 Å². The Morgan fingerprint density at radius 3 is 2.78 bits per heavy atom. The van der Waals surface area contributed by atoms with Gasteiger partial charge in [0.2, 0.25) is 0 Å². The molecule has 0 aliphatic heterocycles. The largest absolute Gasteiger partial charge is 0.490 e. The van der Waals surface area contributed by atoms with Crippen LogP contribution in [-0.2, 0) is 12.8 Å². The first-order valence-electron chi connectivity index (χ1n) is 9.28. The van der Waals surface area contributed by atoms with E-state index < -0.39 is 0 Å². The smallest absolute Gasteiger partial charge is 0.138 e. The number of hydrogen-bond acceptors (Lipinski definition) is 3. The topological polar surface area (TPSA) is 57.4 Å². The molecule has 1 aliphatic rings. The highest BCUT2D eigenvalue weighted by atomic mass is 16.5. The number of amidine groups is 1. The molecule has 0 atom stereocenters. The van der Waals surface area contributed by atoms with Gasteiger partial charge in [0.05, 0.1) is 11.7 Å². The Bertz CT molecular complexity index is 935. The first kappa shape index (κ1) is 18.7. The molecule has 1 aliphatic carbocycles. The maximum Gasteiger partial charge on any atom is 0.138 e. The van der Waals surface area contributed by atoms with E-state index in [1.807, 2.05) is 26.0 Å². The minimum absolute atomic E-state index is 0.00625. The van der Waals surface area contributed by atoms with E-state index in [2.05, 4.69) is 41.2 Å². The number of benzene rings is 2. The molecular formula is C23H25N3O. The van der Waals surface area contributed by atoms with Gasteiger partial charge >= 0.3 is 0 Å². The van der Waals surface area contributed by atoms with Gasteiger partial charge in [-0.3, -0.25) is 4.99 Å². The summed E-state index contributed by atoms with van der Waals surface area (Å²) in [6.45, 7) is 8.06. The standard InChI is InChI=1S/C23H25N3O/c1-15(2)27-22-13-18(11-12-19(22)14-24)16(3)26-23(25-4)21-10-6-8-17-7-5-9-20(17)21/h6,8,10-13,15H,3,5,7,9H2,1-2,4H3,(H,25,26). The maximum absolute atomic E-state index is 9.30. The Hall–Kier alpha value is -3.06. The monoisotopic (exact) mass is 359 g/mol. The lowest BCUT2D eigenvalue weighted by Gasteiger charge is -2.17. The van der Waals surface area contributed by atoms with Crippen LogP contribution in [0.3, 0.4) is 0 Å². The molecule has 0 saturated carbocycles. The van der Waals surface area contributed by atoms with Crippen LogP contribution in [0.1, 0.15) is 48.1 Å². The van der Waals surface area contributed by atoms with Gasteiger partial charge in [-0.05, 0) is 56.4 Å². The molecule has 0 fully saturated rings. The number of aryl methyl sites for hydroxylation is 1. The van der Waals surface area contributed by atoms with Gasteiger partial charge < -0.3 is 10.1 Å². The minimum atomic E-state index is -0.00625. The molecule has 0 bridgehead atoms. The van der Waals surface area contributed by atoms with Crippen LogP contribution in [-0.4, -0.2) is 19.0 Å². The van der Waals surface area contributed by atoms with E-state index in [-0.39, 0.29) is 6.10 Å². The molecule has 2 aromatic carbocycles. The molecule has 0 heterocycles. The molecule has 0 aromatic heterocycles. The lowest BCUT2D eigenvalue weighted by molar-refractivity contribution is 0.241. The third kappa shape index (κ3) is 4.03. The van der Waals surface area contributed by atoms with Crippen molar-refractivity contribution in [1.82, 2.24) is 5.32 Å². The van der Waals surface area contributed by atoms with Gasteiger partial charge in [0, 0.05) is 23.9 Å². The Morgan fingerprint density at radius 2 is 2.07 bits per heavy atom. The number of aliphatic imine (C=N–C) groups is 1. The highest BCUT2D eigenvalue weighted by Crippen LogP contribution is 2.27. The molecule has 4 heteroatoms. The summed E-state index contributed by atoms with van der Waals surface area (Å²) in [5.74, 6) is 1.39. The summed E-state index contributed by atoms with van der Waals surface area (Å²) in [5.41, 5.74) is 6.04. The fraction of sp³-hybridized carbons (Fsp3) is 0.304. The van der Waals surface area contributed by atoms with Gasteiger partial charge in [0.25, 0.3) is 0 Å². The predicted molar refractivity (Wildman–Crippen MR) is 110 cm³/mol. The molecule has 0 saturated heterocycles. The third-order valence-corrected chi connectivity index (χ3v) is 4.71. The normalized spacial score (nSPS) is 13.2. The first-order valence-corrected chi connectivity index (χ1v) is 9.28. The molecule has 2 aromatic rings. The van der Waals surface area contributed by atoms with Crippen molar-refractivity contribution in [3.63, 3.8) is 0 Å². The van der Waals surface area contributed by atoms with Crippen molar-refractivity contribution in [3.05, 3.63) is 70.8 Å². The van der Waals surface area contributed by atoms with Crippen molar-refractivity contribution in [2.75, 3.05) is 7.05 Å². The van der Waals surface area contributed by atoms with Crippen molar-refractivity contribution >= 4 is 11.5 Å². The molecule has 0 amide bonds. The zero-order valence-corrected chi connectivity index (χ0v) is 16.2. The van der Waals surface area contributed by atoms with Gasteiger partial charge in [-0.1, -0.05) is 30.8 Å². The fourth-order valence-corrected chi connectivity index (χ4v) is 3.45. The zero-order chi connectivity index (χ0) is 19.4. The second kappa shape index (κ2) is 8.09. The molecule has 138 valence electrons. The van der Waals surface area contributed by atoms with E-state index >= 15 is 0 Å². The summed E-state index contributed by atoms with van der Waals surface area (Å²) >= 11 is 0. The quantitative estimate of drug-likeness (QED) is 0.633. The van der Waals surface area contributed by atoms with Crippen LogP contribution in [0.2, 0.25) is 0 Å². The Morgan fingerprint density at radius 1 is 1.26 bits per heavy atom. The van der Waals surface area contributed by atoms with Crippen LogP contribution in [0.25, 0.3) is 5.70 Å². The van der Waals surface area contributed by atoms with Crippen molar-refractivity contribution in [1.29, 1.82) is 5.26 Å². The summed E-state index contributed by atoms with van der Waals surface area (Å²) in [6.07, 6.45) is 3.40. The second-order valence-corrected chi connectivity index (χ2v) is 6.96. The van der Waals surface area contributed by atoms with E-state index in [1.165, 1.54) is 17.5 Å². The lowest BCUT2D eigenvalue weighted by atomic mass is 10.0. The van der Waals surface area contributed by atoms with Crippen LogP contribution in [0.15, 0.2) is 48.0 Å². The molecule has 0 spiro atoms. The van der Waals surface area contributed by atoms with E-state index in [0.29, 0.717) is 11.3 Å². The molecule has 0 radical (unpaired) electrons. The van der Waals surface area contributed by atoms with Crippen molar-refractivity contribution in [2.24, 2.45) is 4.99 Å². The zero-order valence-electron chi connectivity index (χ0n) is 16.2. The molecule has 27 heavy (non-hydrogen) atoms. The SMILES string of the molecule is C=C(NC(=NC)c1cccc2c1CCC2)c1ccc(C#N)c(OC(C)C)c1. The average molecular weight is 359 g/mol. The van der Waals surface area contributed by atoms with Crippen LogP contribution in [0.5, 0.6) is 5.75 Å². The van der Waals surface area contributed by atoms with Gasteiger partial charge in [-0.2, -0.15) is 5.26 Å². The summed E-state index contributed by atoms with van der Waals surface area (Å²) in [6, 6.07) is 14.1. The molecule has 1 N–H and O–H groups in total. The van der Waals surface area contributed by atoms with Gasteiger partial charge in [0.1, 0.15) is 17.7 Å². The predicted octanol–water partition coefficient (Wildman–Crippen LogP) is 4.47. The van der Waals surface area contributed by atoms with Gasteiger partial charge in [-0.15, -0.1) is 0 Å². The number of rotatable bonds is 5. The van der Waals surface area contributed by atoms with Crippen LogP contribution in [0.4, 0.5) is 0 Å². The van der Waals surface area contributed by atoms with Crippen LogP contribution >= 0.6 is 0 Å². The van der Waals surface area contributed by atoms with Crippen molar-refractivity contribution in [3.8, 4) is 11.8 Å². The first-order chi connectivity index (χ1) is 13.0. The highest BCUT2D eigenvalue weighted by molar-refractivity contribution is 6.04. The van der Waals surface area contributed by atoms with Crippen LogP contribution < -0.4 is 10.1 Å². The van der Waals surface area contributed by atoms with E-state index in [9.17, 15) is 5.26 Å². The molecular weight excluding hydrogens is 334 g/mol. The number of fused-ring (bicyclic) bond motifs is 1. The summed E-state index contributed by atoms with van der Waals surface area (Å²) in [4.78, 5) is 4.47. The minimum Gasteiger partial charge on any atom is -0.490 e. The number of hydrogen-bond donors (Lipinski definition) is 1. The van der Waals surface area contributed by atoms with E-state index in [1.54, 1.807) is 13.1 Å². The molecule has 4 nitrogen and oxygen atoms in total. The number of nitrogens with zero attached hydrogens (tertiary/aromatic N) is 2. The molecule has 0 unspecified atom stereocenters. The summed E-state index contributed by atoms with van der Waals surface area (Å²) in [5, 5.41) is 12.7. The number of ether oxygens (including phenoxy) is 1. The number of nitrogens with one attached hydrogen (secondary N) is 1. The average Bonchev–Trinajstić information content (AvgIpc) is 3.14. The van der Waals surface area contributed by atoms with Crippen molar-refractivity contribution in [2.45, 2.75) is 39.2 Å². The molecule has 3 rings (SSSR count). The Labute approximate surface area is 161 Å². The van der Waals surface area contributed by atoms with Crippen LogP contribution in [0, 0.1) is 11.3 Å². The van der Waals surface area contributed by atoms with Gasteiger partial charge in [0.15, 0.2) is 0 Å². The van der Waals surface area contributed by atoms with Crippen molar-refractivity contribution < 1.29 is 4.74 Å². The number of nitriles is 1. The second-order valence-electron chi connectivity index (χ2n) is 6.96. The summed E-state index contributed by atoms with van der Waals surface area (Å²) in [7, 11) is 1.79. The Balaban J connectivity index is 1.86. The maximum atomic E-state index is 9.30. The van der Waals surface area contributed by atoms with E-state index in [4.69, 9.17) is 4.74 Å². The van der Waals surface area contributed by atoms with Gasteiger partial charge in [-0.25, -0.2) is 0 Å². The Kier molecular flexibility index (Phi) is 5.61. The summed E-state index contributed by atoms with van der Waals surface area (Å²) < 4.78 is 5.78.